The molecule has 5 heteroatoms. The normalized spacial score (nSPS) is 11.5. The van der Waals surface area contributed by atoms with Crippen molar-refractivity contribution in [3.63, 3.8) is 0 Å². The predicted molar refractivity (Wildman–Crippen MR) is 97.7 cm³/mol. The van der Waals surface area contributed by atoms with Crippen molar-refractivity contribution in [3.8, 4) is 6.07 Å². The fourth-order valence-electron chi connectivity index (χ4n) is 2.59. The average Bonchev–Trinajstić information content (AvgIpc) is 2.52. The number of hydrogen-bond donors (Lipinski definition) is 1. The van der Waals surface area contributed by atoms with Crippen LogP contribution in [0, 0.1) is 11.3 Å². The summed E-state index contributed by atoms with van der Waals surface area (Å²) in [5, 5.41) is 8.43. The maximum absolute atomic E-state index is 11.8. The lowest BCUT2D eigenvalue weighted by Gasteiger charge is -2.07. The molecule has 0 unspecified atom stereocenters. The van der Waals surface area contributed by atoms with Gasteiger partial charge in [-0.3, -0.25) is 0 Å². The van der Waals surface area contributed by atoms with Gasteiger partial charge >= 0.3 is 0 Å². The van der Waals surface area contributed by atoms with Crippen molar-refractivity contribution in [2.45, 2.75) is 96.8 Å². The van der Waals surface area contributed by atoms with E-state index < -0.39 is 10.0 Å². The summed E-state index contributed by atoms with van der Waals surface area (Å²) in [6.07, 6.45) is 15.0. The van der Waals surface area contributed by atoms with Crippen molar-refractivity contribution in [2.75, 3.05) is 12.3 Å². The molecule has 0 aliphatic rings. The highest BCUT2D eigenvalue weighted by atomic mass is 32.2. The van der Waals surface area contributed by atoms with Gasteiger partial charge in [0.05, 0.1) is 11.8 Å². The molecule has 0 heterocycles. The Morgan fingerprint density at radius 3 is 1.91 bits per heavy atom. The van der Waals surface area contributed by atoms with E-state index in [0.29, 0.717) is 13.0 Å². The Hall–Kier alpha value is -0.600. The molecule has 0 aromatic rings. The van der Waals surface area contributed by atoms with E-state index >= 15 is 0 Å². The summed E-state index contributed by atoms with van der Waals surface area (Å²) >= 11 is 0. The third kappa shape index (κ3) is 17.6. The van der Waals surface area contributed by atoms with Crippen LogP contribution < -0.4 is 4.72 Å². The monoisotopic (exact) mass is 344 g/mol. The standard InChI is InChI=1S/C18H36N2O2S/c1-2-3-4-5-9-12-15-18-23(21,22)20-17-14-11-8-6-7-10-13-16-19/h20H,2-15,17-18H2,1H3. The summed E-state index contributed by atoms with van der Waals surface area (Å²) in [5.41, 5.74) is 0. The second-order valence-corrected chi connectivity index (χ2v) is 8.29. The van der Waals surface area contributed by atoms with Crippen LogP contribution in [0.2, 0.25) is 0 Å². The van der Waals surface area contributed by atoms with Crippen molar-refractivity contribution < 1.29 is 8.42 Å². The highest BCUT2D eigenvalue weighted by Crippen LogP contribution is 2.08. The minimum atomic E-state index is -3.07. The molecule has 1 N–H and O–H groups in total. The van der Waals surface area contributed by atoms with E-state index in [-0.39, 0.29) is 5.75 Å². The molecule has 23 heavy (non-hydrogen) atoms. The van der Waals surface area contributed by atoms with Crippen LogP contribution in [0.3, 0.4) is 0 Å². The number of nitrogens with one attached hydrogen (secondary N) is 1. The number of rotatable bonds is 17. The maximum atomic E-state index is 11.8. The maximum Gasteiger partial charge on any atom is 0.211 e. The lowest BCUT2D eigenvalue weighted by molar-refractivity contribution is 0.558. The highest BCUT2D eigenvalue weighted by molar-refractivity contribution is 7.89. The Bertz CT molecular complexity index is 388. The van der Waals surface area contributed by atoms with Crippen LogP contribution in [0.1, 0.15) is 96.8 Å². The molecule has 0 aliphatic carbocycles. The SMILES string of the molecule is CCCCCCCCCS(=O)(=O)NCCCCCCCCC#N. The average molecular weight is 345 g/mol. The molecule has 0 saturated heterocycles. The second kappa shape index (κ2) is 16.3. The van der Waals surface area contributed by atoms with E-state index in [2.05, 4.69) is 17.7 Å². The summed E-state index contributed by atoms with van der Waals surface area (Å²) in [6.45, 7) is 2.77. The molecule has 136 valence electrons. The zero-order valence-electron chi connectivity index (χ0n) is 15.0. The van der Waals surface area contributed by atoms with Crippen LogP contribution in [-0.2, 0) is 10.0 Å². The summed E-state index contributed by atoms with van der Waals surface area (Å²) < 4.78 is 26.4. The van der Waals surface area contributed by atoms with E-state index in [1.807, 2.05) is 0 Å². The second-order valence-electron chi connectivity index (χ2n) is 6.36. The molecule has 0 fully saturated rings. The summed E-state index contributed by atoms with van der Waals surface area (Å²) in [6, 6.07) is 2.15. The van der Waals surface area contributed by atoms with Crippen LogP contribution in [0.4, 0.5) is 0 Å². The molecule has 0 radical (unpaired) electrons. The third-order valence-corrected chi connectivity index (χ3v) is 5.52. The minimum absolute atomic E-state index is 0.273. The van der Waals surface area contributed by atoms with Gasteiger partial charge in [0.25, 0.3) is 0 Å². The molecule has 0 aliphatic heterocycles. The molecule has 0 rings (SSSR count). The molecule has 0 aromatic carbocycles. The lowest BCUT2D eigenvalue weighted by Crippen LogP contribution is -2.27. The van der Waals surface area contributed by atoms with Gasteiger partial charge in [0, 0.05) is 13.0 Å². The summed E-state index contributed by atoms with van der Waals surface area (Å²) in [7, 11) is -3.07. The van der Waals surface area contributed by atoms with Gasteiger partial charge in [-0.25, -0.2) is 13.1 Å². The molecule has 0 amide bonds. The fourth-order valence-corrected chi connectivity index (χ4v) is 3.77. The highest BCUT2D eigenvalue weighted by Gasteiger charge is 2.08. The lowest BCUT2D eigenvalue weighted by atomic mass is 10.1. The van der Waals surface area contributed by atoms with Crippen LogP contribution >= 0.6 is 0 Å². The molecule has 4 nitrogen and oxygen atoms in total. The number of nitriles is 1. The number of hydrogen-bond acceptors (Lipinski definition) is 3. The van der Waals surface area contributed by atoms with Gasteiger partial charge in [-0.2, -0.15) is 5.26 Å². The number of unbranched alkanes of at least 4 members (excludes halogenated alkanes) is 12. The van der Waals surface area contributed by atoms with Crippen molar-refractivity contribution in [1.29, 1.82) is 5.26 Å². The van der Waals surface area contributed by atoms with Crippen molar-refractivity contribution >= 4 is 10.0 Å². The first-order valence-electron chi connectivity index (χ1n) is 9.46. The Balaban J connectivity index is 3.39. The molecule has 0 atom stereocenters. The van der Waals surface area contributed by atoms with Crippen LogP contribution in [0.15, 0.2) is 0 Å². The van der Waals surface area contributed by atoms with Gasteiger partial charge in [0.1, 0.15) is 0 Å². The van der Waals surface area contributed by atoms with Crippen LogP contribution in [-0.4, -0.2) is 20.7 Å². The van der Waals surface area contributed by atoms with Crippen LogP contribution in [0.25, 0.3) is 0 Å². The van der Waals surface area contributed by atoms with Crippen molar-refractivity contribution in [1.82, 2.24) is 4.72 Å². The van der Waals surface area contributed by atoms with Gasteiger partial charge in [-0.15, -0.1) is 0 Å². The minimum Gasteiger partial charge on any atom is -0.215 e. The van der Waals surface area contributed by atoms with Gasteiger partial charge in [0.2, 0.25) is 10.0 Å². The number of nitrogens with zero attached hydrogens (tertiary/aromatic N) is 1. The Kier molecular flexibility index (Phi) is 15.8. The third-order valence-electron chi connectivity index (χ3n) is 4.05. The summed E-state index contributed by atoms with van der Waals surface area (Å²) in [5.74, 6) is 0.273. The zero-order chi connectivity index (χ0) is 17.2. The number of sulfonamides is 1. The fraction of sp³-hybridized carbons (Fsp3) is 0.944. The molecule has 0 bridgehead atoms. The molecule has 0 aromatic heterocycles. The Morgan fingerprint density at radius 1 is 0.783 bits per heavy atom. The van der Waals surface area contributed by atoms with Gasteiger partial charge in [-0.1, -0.05) is 71.1 Å². The van der Waals surface area contributed by atoms with Gasteiger partial charge < -0.3 is 0 Å². The molecule has 0 saturated carbocycles. The molecular formula is C18H36N2O2S. The van der Waals surface area contributed by atoms with Gasteiger partial charge in [0.15, 0.2) is 0 Å². The van der Waals surface area contributed by atoms with Crippen molar-refractivity contribution in [2.24, 2.45) is 0 Å². The summed E-state index contributed by atoms with van der Waals surface area (Å²) in [4.78, 5) is 0. The van der Waals surface area contributed by atoms with Crippen molar-refractivity contribution in [3.05, 3.63) is 0 Å². The van der Waals surface area contributed by atoms with E-state index in [9.17, 15) is 8.42 Å². The largest absolute Gasteiger partial charge is 0.215 e. The van der Waals surface area contributed by atoms with E-state index in [1.165, 1.54) is 25.7 Å². The zero-order valence-corrected chi connectivity index (χ0v) is 15.8. The quantitative estimate of drug-likeness (QED) is 0.381. The predicted octanol–water partition coefficient (Wildman–Crippen LogP) is 4.91. The smallest absolute Gasteiger partial charge is 0.211 e. The van der Waals surface area contributed by atoms with E-state index in [4.69, 9.17) is 5.26 Å². The Morgan fingerprint density at radius 2 is 1.30 bits per heavy atom. The molecule has 0 spiro atoms. The van der Waals surface area contributed by atoms with Gasteiger partial charge in [-0.05, 0) is 19.3 Å². The van der Waals surface area contributed by atoms with Crippen LogP contribution in [0.5, 0.6) is 0 Å². The topological polar surface area (TPSA) is 70.0 Å². The first-order chi connectivity index (χ1) is 11.1. The first-order valence-corrected chi connectivity index (χ1v) is 11.1. The first kappa shape index (κ1) is 22.4. The van der Waals surface area contributed by atoms with E-state index in [0.717, 1.165) is 57.8 Å². The Labute approximate surface area is 144 Å². The van der Waals surface area contributed by atoms with E-state index in [1.54, 1.807) is 0 Å². The molecular weight excluding hydrogens is 308 g/mol.